The van der Waals surface area contributed by atoms with Crippen LogP contribution in [0.15, 0.2) is 35.2 Å². The predicted molar refractivity (Wildman–Crippen MR) is 125 cm³/mol. The van der Waals surface area contributed by atoms with Gasteiger partial charge in [-0.05, 0) is 50.5 Å². The van der Waals surface area contributed by atoms with Crippen LogP contribution in [-0.4, -0.2) is 88.7 Å². The van der Waals surface area contributed by atoms with Crippen molar-refractivity contribution in [2.75, 3.05) is 64.7 Å². The van der Waals surface area contributed by atoms with Crippen molar-refractivity contribution in [3.63, 3.8) is 0 Å². The summed E-state index contributed by atoms with van der Waals surface area (Å²) in [5, 5.41) is 4.17. The van der Waals surface area contributed by atoms with Gasteiger partial charge in [0.2, 0.25) is 0 Å². The van der Waals surface area contributed by atoms with Crippen molar-refractivity contribution in [3.8, 4) is 0 Å². The second kappa shape index (κ2) is 14.9. The van der Waals surface area contributed by atoms with E-state index in [2.05, 4.69) is 47.7 Å². The van der Waals surface area contributed by atoms with Crippen molar-refractivity contribution in [1.82, 2.24) is 20.0 Å². The second-order valence-corrected chi connectivity index (χ2v) is 8.59. The molecule has 0 aromatic heterocycles. The van der Waals surface area contributed by atoms with Crippen molar-refractivity contribution in [2.24, 2.45) is 0 Å². The van der Waals surface area contributed by atoms with Crippen LogP contribution in [0.4, 0.5) is 0 Å². The molecule has 0 aliphatic rings. The lowest BCUT2D eigenvalue weighted by Gasteiger charge is -2.29. The topological polar surface area (TPSA) is 38.8 Å². The Bertz CT molecular complexity index is 563. The molecule has 0 aliphatic carbocycles. The molecule has 1 aromatic carbocycles. The Labute approximate surface area is 179 Å². The first-order valence-corrected chi connectivity index (χ1v) is 12.2. The van der Waals surface area contributed by atoms with Crippen molar-refractivity contribution in [1.29, 1.82) is 0 Å². The highest BCUT2D eigenvalue weighted by molar-refractivity contribution is 7.85. The fourth-order valence-corrected chi connectivity index (χ4v) is 4.34. The Balaban J connectivity index is 2.61. The van der Waals surface area contributed by atoms with E-state index in [-0.39, 0.29) is 0 Å². The zero-order chi connectivity index (χ0) is 20.8. The molecule has 0 saturated heterocycles. The molecule has 1 atom stereocenters. The third-order valence-corrected chi connectivity index (χ3v) is 6.77. The Morgan fingerprint density at radius 3 is 2.04 bits per heavy atom. The zero-order valence-electron chi connectivity index (χ0n) is 18.0. The van der Waals surface area contributed by atoms with Gasteiger partial charge < -0.3 is 20.0 Å². The summed E-state index contributed by atoms with van der Waals surface area (Å²) in [5.41, 5.74) is 0. The molecular weight excluding hydrogens is 388 g/mol. The number of hydrogen-bond acceptors (Lipinski definition) is 4. The van der Waals surface area contributed by atoms with Crippen LogP contribution < -0.4 is 5.32 Å². The average Bonchev–Trinajstić information content (AvgIpc) is 2.74. The lowest BCUT2D eigenvalue weighted by atomic mass is 10.4. The molecule has 0 fully saturated rings. The molecule has 0 heterocycles. The highest BCUT2D eigenvalue weighted by atomic mass is 32.2. The van der Waals surface area contributed by atoms with Gasteiger partial charge in [-0.2, -0.15) is 0 Å². The van der Waals surface area contributed by atoms with Gasteiger partial charge in [0.25, 0.3) is 0 Å². The van der Waals surface area contributed by atoms with Crippen LogP contribution >= 0.6 is 12.2 Å². The molecule has 1 aromatic rings. The largest absolute Gasteiger partial charge is 0.361 e. The smallest absolute Gasteiger partial charge is 0.169 e. The van der Waals surface area contributed by atoms with E-state index in [1.807, 2.05) is 30.3 Å². The maximum absolute atomic E-state index is 12.6. The van der Waals surface area contributed by atoms with Crippen LogP contribution in [0.3, 0.4) is 0 Å². The SMILES string of the molecule is CCN(CC)CCNC(=S)N(CCN(CC)CC)CCS(=O)c1ccccc1. The van der Waals surface area contributed by atoms with Gasteiger partial charge in [0.1, 0.15) is 0 Å². The average molecular weight is 427 g/mol. The Morgan fingerprint density at radius 2 is 1.46 bits per heavy atom. The quantitative estimate of drug-likeness (QED) is 0.461. The number of thiocarbonyl (C=S) groups is 1. The fraction of sp³-hybridized carbons (Fsp3) is 0.667. The molecule has 0 bridgehead atoms. The molecule has 1 N–H and O–H groups in total. The monoisotopic (exact) mass is 426 g/mol. The lowest BCUT2D eigenvalue weighted by molar-refractivity contribution is 0.268. The summed E-state index contributed by atoms with van der Waals surface area (Å²) < 4.78 is 12.6. The zero-order valence-corrected chi connectivity index (χ0v) is 19.7. The summed E-state index contributed by atoms with van der Waals surface area (Å²) in [6.07, 6.45) is 0. The molecular formula is C21H38N4OS2. The summed E-state index contributed by atoms with van der Waals surface area (Å²) in [6.45, 7) is 17.2. The van der Waals surface area contributed by atoms with Gasteiger partial charge in [0, 0.05) is 43.4 Å². The minimum absolute atomic E-state index is 0.583. The van der Waals surface area contributed by atoms with Crippen molar-refractivity contribution >= 4 is 28.1 Å². The highest BCUT2D eigenvalue weighted by Crippen LogP contribution is 2.06. The number of nitrogens with one attached hydrogen (secondary N) is 1. The van der Waals surface area contributed by atoms with Gasteiger partial charge in [-0.15, -0.1) is 0 Å². The molecule has 0 saturated carbocycles. The molecule has 0 radical (unpaired) electrons. The maximum Gasteiger partial charge on any atom is 0.169 e. The minimum atomic E-state index is -1.01. The van der Waals surface area contributed by atoms with E-state index >= 15 is 0 Å². The van der Waals surface area contributed by atoms with E-state index in [1.165, 1.54) is 0 Å². The van der Waals surface area contributed by atoms with E-state index in [0.29, 0.717) is 12.3 Å². The molecule has 5 nitrogen and oxygen atoms in total. The highest BCUT2D eigenvalue weighted by Gasteiger charge is 2.13. The summed E-state index contributed by atoms with van der Waals surface area (Å²) in [7, 11) is -1.01. The van der Waals surface area contributed by atoms with E-state index < -0.39 is 10.8 Å². The summed E-state index contributed by atoms with van der Waals surface area (Å²) in [5.74, 6) is 0.583. The van der Waals surface area contributed by atoms with E-state index in [1.54, 1.807) is 0 Å². The van der Waals surface area contributed by atoms with Crippen molar-refractivity contribution in [2.45, 2.75) is 32.6 Å². The molecule has 160 valence electrons. The first kappa shape index (κ1) is 25.0. The fourth-order valence-electron chi connectivity index (χ4n) is 2.97. The summed E-state index contributed by atoms with van der Waals surface area (Å²) in [6, 6.07) is 9.68. The summed E-state index contributed by atoms with van der Waals surface area (Å²) in [4.78, 5) is 7.82. The first-order chi connectivity index (χ1) is 13.5. The molecule has 0 aliphatic heterocycles. The molecule has 0 amide bonds. The number of rotatable bonds is 14. The Morgan fingerprint density at radius 1 is 0.893 bits per heavy atom. The van der Waals surface area contributed by atoms with Gasteiger partial charge in [0.05, 0.1) is 10.8 Å². The van der Waals surface area contributed by atoms with E-state index in [0.717, 1.165) is 62.4 Å². The van der Waals surface area contributed by atoms with Gasteiger partial charge in [-0.3, -0.25) is 4.21 Å². The molecule has 1 unspecified atom stereocenters. The van der Waals surface area contributed by atoms with E-state index in [9.17, 15) is 4.21 Å². The van der Waals surface area contributed by atoms with Crippen molar-refractivity contribution in [3.05, 3.63) is 30.3 Å². The Kier molecular flexibility index (Phi) is 13.3. The van der Waals surface area contributed by atoms with Crippen LogP contribution in [0.2, 0.25) is 0 Å². The van der Waals surface area contributed by atoms with Gasteiger partial charge in [-0.1, -0.05) is 45.9 Å². The molecule has 28 heavy (non-hydrogen) atoms. The standard InChI is InChI=1S/C21H38N4OS2/c1-5-23(6-2)15-14-22-21(27)25(17-16-24(7-3)8-4)18-19-28(26)20-12-10-9-11-13-20/h9-13H,5-8,14-19H2,1-4H3,(H,22,27). The molecule has 1 rings (SSSR count). The molecule has 0 spiro atoms. The molecule has 7 heteroatoms. The maximum atomic E-state index is 12.6. The number of likely N-dealkylation sites (N-methyl/N-ethyl adjacent to an activating group) is 2. The van der Waals surface area contributed by atoms with Crippen LogP contribution in [0.1, 0.15) is 27.7 Å². The number of hydrogen-bond donors (Lipinski definition) is 1. The van der Waals surface area contributed by atoms with Crippen LogP contribution in [0.25, 0.3) is 0 Å². The number of benzene rings is 1. The predicted octanol–water partition coefficient (Wildman–Crippen LogP) is 2.65. The van der Waals surface area contributed by atoms with Crippen molar-refractivity contribution < 1.29 is 4.21 Å². The Hall–Kier alpha value is -1.02. The van der Waals surface area contributed by atoms with Crippen LogP contribution in [0.5, 0.6) is 0 Å². The number of nitrogens with zero attached hydrogens (tertiary/aromatic N) is 3. The summed E-state index contributed by atoms with van der Waals surface area (Å²) >= 11 is 5.67. The van der Waals surface area contributed by atoms with Crippen LogP contribution in [-0.2, 0) is 10.8 Å². The second-order valence-electron chi connectivity index (χ2n) is 6.64. The lowest BCUT2D eigenvalue weighted by Crippen LogP contribution is -2.47. The first-order valence-electron chi connectivity index (χ1n) is 10.5. The van der Waals surface area contributed by atoms with Gasteiger partial charge in [-0.25, -0.2) is 0 Å². The van der Waals surface area contributed by atoms with Gasteiger partial charge in [0.15, 0.2) is 5.11 Å². The minimum Gasteiger partial charge on any atom is -0.361 e. The van der Waals surface area contributed by atoms with Crippen LogP contribution in [0, 0.1) is 0 Å². The third-order valence-electron chi connectivity index (χ3n) is 5.02. The van der Waals surface area contributed by atoms with E-state index in [4.69, 9.17) is 12.2 Å². The normalized spacial score (nSPS) is 12.4. The van der Waals surface area contributed by atoms with Gasteiger partial charge >= 0.3 is 0 Å². The third kappa shape index (κ3) is 9.45.